The maximum Gasteiger partial charge on any atom is 1.00 e. The Hall–Kier alpha value is -0.381. The number of phenols is 1. The minimum absolute atomic E-state index is 0. The minimum atomic E-state index is -0.0753. The second-order valence-electron chi connectivity index (χ2n) is 2.75. The monoisotopic (exact) mass is 252 g/mol. The number of phenolic OH excluding ortho intramolecular Hbond substituents is 1. The maximum atomic E-state index is 10.4. The average molecular weight is 252 g/mol. The van der Waals surface area contributed by atoms with Crippen molar-refractivity contribution in [3.63, 3.8) is 0 Å². The van der Waals surface area contributed by atoms with Crippen LogP contribution in [0.15, 0.2) is 41.6 Å². The Morgan fingerprint density at radius 2 is 1.73 bits per heavy atom. The van der Waals surface area contributed by atoms with Crippen LogP contribution in [-0.4, -0.2) is 5.11 Å². The zero-order chi connectivity index (χ0) is 9.26. The van der Waals surface area contributed by atoms with Crippen LogP contribution < -0.4 is 29.6 Å². The van der Waals surface area contributed by atoms with Crippen LogP contribution in [0.5, 0.6) is 5.75 Å². The Balaban J connectivity index is 0.000000980. The van der Waals surface area contributed by atoms with Crippen LogP contribution in [0.1, 0.15) is 0 Å². The predicted molar refractivity (Wildman–Crippen MR) is 51.1 cm³/mol. The smallest absolute Gasteiger partial charge is 0.506 e. The molecule has 0 saturated heterocycles. The number of nitrogens with zero attached hydrogens (tertiary/aromatic N) is 1. The van der Waals surface area contributed by atoms with Crippen molar-refractivity contribution < 1.29 is 51.7 Å². The molecule has 0 radical (unpaired) electrons. The minimum Gasteiger partial charge on any atom is -0.506 e. The van der Waals surface area contributed by atoms with Crippen molar-refractivity contribution >= 4 is 16.5 Å². The molecule has 0 unspecified atom stereocenters. The van der Waals surface area contributed by atoms with Crippen molar-refractivity contribution in [3.05, 3.63) is 41.3 Å². The van der Waals surface area contributed by atoms with E-state index in [9.17, 15) is 10.0 Å². The molecule has 0 atom stereocenters. The molecule has 3 nitrogen and oxygen atoms in total. The summed E-state index contributed by atoms with van der Waals surface area (Å²) in [5, 5.41) is 13.7. The molecule has 0 aliphatic carbocycles. The summed E-state index contributed by atoms with van der Waals surface area (Å²) in [5.41, 5.74) is 0.109. The normalized spacial score (nSPS) is 8.80. The number of hydrogen-bond donors (Lipinski definition) is 1. The molecule has 0 heterocycles. The molecule has 5 heteroatoms. The van der Waals surface area contributed by atoms with E-state index in [2.05, 4.69) is 5.18 Å². The zero-order valence-electron chi connectivity index (χ0n) is 8.12. The average Bonchev–Trinajstić information content (AvgIpc) is 2.18. The number of benzene rings is 2. The molecule has 72 valence electrons. The van der Waals surface area contributed by atoms with Crippen LogP contribution in [0.4, 0.5) is 5.69 Å². The summed E-state index contributed by atoms with van der Waals surface area (Å²) in [7, 11) is 0. The van der Waals surface area contributed by atoms with Crippen molar-refractivity contribution in [3.8, 4) is 5.75 Å². The second-order valence-corrected chi connectivity index (χ2v) is 2.75. The van der Waals surface area contributed by atoms with E-state index in [0.29, 0.717) is 5.39 Å². The first-order chi connectivity index (χ1) is 6.33. The van der Waals surface area contributed by atoms with Crippen molar-refractivity contribution in [2.24, 2.45) is 5.18 Å². The third-order valence-electron chi connectivity index (χ3n) is 1.97. The predicted octanol–water partition coefficient (Wildman–Crippen LogP) is -0.0552. The van der Waals surface area contributed by atoms with E-state index in [4.69, 9.17) is 0 Å². The Morgan fingerprint density at radius 1 is 1.07 bits per heavy atom. The van der Waals surface area contributed by atoms with Gasteiger partial charge in [-0.1, -0.05) is 30.3 Å². The van der Waals surface area contributed by atoms with Crippen molar-refractivity contribution in [1.29, 1.82) is 0 Å². The van der Waals surface area contributed by atoms with Crippen LogP contribution in [0.25, 0.3) is 10.8 Å². The van der Waals surface area contributed by atoms with Gasteiger partial charge in [0.15, 0.2) is 5.69 Å². The van der Waals surface area contributed by atoms with Gasteiger partial charge in [0, 0.05) is 22.5 Å². The molecular formula is C10H7FeNNaO2+. The summed E-state index contributed by atoms with van der Waals surface area (Å²) in [6.45, 7) is 0. The Morgan fingerprint density at radius 3 is 2.40 bits per heavy atom. The molecule has 0 aliphatic rings. The largest absolute Gasteiger partial charge is 1.00 e. The molecule has 0 aromatic heterocycles. The van der Waals surface area contributed by atoms with E-state index >= 15 is 0 Å². The first kappa shape index (κ1) is 14.6. The molecule has 2 aromatic carbocycles. The fourth-order valence-corrected chi connectivity index (χ4v) is 1.34. The van der Waals surface area contributed by atoms with Crippen molar-refractivity contribution in [2.45, 2.75) is 0 Å². The molecular weight excluding hydrogens is 245 g/mol. The topological polar surface area (TPSA) is 49.7 Å². The van der Waals surface area contributed by atoms with Gasteiger partial charge in [-0.2, -0.15) is 0 Å². The van der Waals surface area contributed by atoms with Gasteiger partial charge in [-0.25, -0.2) is 0 Å². The molecule has 0 aliphatic heterocycles. The van der Waals surface area contributed by atoms with Gasteiger partial charge < -0.3 is 5.11 Å². The molecule has 2 rings (SSSR count). The van der Waals surface area contributed by atoms with E-state index in [1.54, 1.807) is 18.2 Å². The van der Waals surface area contributed by atoms with E-state index in [1.807, 2.05) is 12.1 Å². The van der Waals surface area contributed by atoms with Gasteiger partial charge in [-0.15, -0.1) is 4.91 Å². The van der Waals surface area contributed by atoms with Gasteiger partial charge in [0.25, 0.3) is 0 Å². The second kappa shape index (κ2) is 6.26. The van der Waals surface area contributed by atoms with E-state index in [-0.39, 0.29) is 58.1 Å². The van der Waals surface area contributed by atoms with Gasteiger partial charge in [0.05, 0.1) is 0 Å². The zero-order valence-corrected chi connectivity index (χ0v) is 11.2. The summed E-state index contributed by atoms with van der Waals surface area (Å²) in [6.07, 6.45) is 0. The molecule has 0 amide bonds. The molecule has 0 spiro atoms. The molecule has 0 saturated carbocycles. The van der Waals surface area contributed by atoms with Gasteiger partial charge in [0.1, 0.15) is 5.75 Å². The third-order valence-corrected chi connectivity index (χ3v) is 1.97. The van der Waals surface area contributed by atoms with E-state index in [1.165, 1.54) is 6.07 Å². The Labute approximate surface area is 120 Å². The first-order valence-corrected chi connectivity index (χ1v) is 3.87. The third kappa shape index (κ3) is 2.80. The van der Waals surface area contributed by atoms with Crippen LogP contribution in [-0.2, 0) is 17.1 Å². The van der Waals surface area contributed by atoms with Gasteiger partial charge in [0.2, 0.25) is 0 Å². The molecule has 0 fully saturated rings. The molecule has 15 heavy (non-hydrogen) atoms. The van der Waals surface area contributed by atoms with Gasteiger partial charge >= 0.3 is 29.6 Å². The standard InChI is InChI=1S/C10H7NO2.Fe.Na/c12-9-6-5-7-3-1-2-4-8(7)10(9)11-13;;/h1-6,12H;;/q;;+1. The van der Waals surface area contributed by atoms with Crippen LogP contribution in [0.2, 0.25) is 0 Å². The number of hydrogen-bond acceptors (Lipinski definition) is 3. The summed E-state index contributed by atoms with van der Waals surface area (Å²) < 4.78 is 0. The fourth-order valence-electron chi connectivity index (χ4n) is 1.34. The van der Waals surface area contributed by atoms with Crippen molar-refractivity contribution in [1.82, 2.24) is 0 Å². The summed E-state index contributed by atoms with van der Waals surface area (Å²) in [4.78, 5) is 10.4. The summed E-state index contributed by atoms with van der Waals surface area (Å²) in [6, 6.07) is 10.5. The number of nitroso groups, excluding NO2 is 1. The Kier molecular flexibility index (Phi) is 6.10. The Bertz CT molecular complexity index is 476. The number of aromatic hydroxyl groups is 1. The summed E-state index contributed by atoms with van der Waals surface area (Å²) in [5.74, 6) is -0.0753. The van der Waals surface area contributed by atoms with Crippen LogP contribution >= 0.6 is 0 Å². The molecule has 0 bridgehead atoms. The SMILES string of the molecule is O=Nc1c(O)ccc2ccccc12.[Fe].[Na+]. The number of rotatable bonds is 1. The maximum absolute atomic E-state index is 10.4. The quantitative estimate of drug-likeness (QED) is 0.571. The summed E-state index contributed by atoms with van der Waals surface area (Å²) >= 11 is 0. The van der Waals surface area contributed by atoms with E-state index < -0.39 is 0 Å². The van der Waals surface area contributed by atoms with Gasteiger partial charge in [-0.05, 0) is 16.6 Å². The molecule has 1 N–H and O–H groups in total. The first-order valence-electron chi connectivity index (χ1n) is 3.87. The molecule has 2 aromatic rings. The van der Waals surface area contributed by atoms with Gasteiger partial charge in [-0.3, -0.25) is 0 Å². The van der Waals surface area contributed by atoms with Crippen LogP contribution in [0.3, 0.4) is 0 Å². The van der Waals surface area contributed by atoms with Crippen molar-refractivity contribution in [2.75, 3.05) is 0 Å². The fraction of sp³-hybridized carbons (Fsp3) is 0. The van der Waals surface area contributed by atoms with Crippen LogP contribution in [0, 0.1) is 4.91 Å². The van der Waals surface area contributed by atoms with E-state index in [0.717, 1.165) is 5.39 Å². The number of fused-ring (bicyclic) bond motifs is 1.